The van der Waals surface area contributed by atoms with E-state index in [1.807, 2.05) is 0 Å². The third kappa shape index (κ3) is 3.23. The lowest BCUT2D eigenvalue weighted by Crippen LogP contribution is -2.40. The van der Waals surface area contributed by atoms with Gasteiger partial charge in [0.2, 0.25) is 5.88 Å². The number of hydrogen-bond donors (Lipinski definition) is 1. The summed E-state index contributed by atoms with van der Waals surface area (Å²) in [4.78, 5) is 18.6. The van der Waals surface area contributed by atoms with Crippen molar-refractivity contribution in [2.45, 2.75) is 25.8 Å². The molecular weight excluding hydrogens is 242 g/mol. The molecule has 5 nitrogen and oxygen atoms in total. The van der Waals surface area contributed by atoms with E-state index in [4.69, 9.17) is 4.74 Å². The lowest BCUT2D eigenvalue weighted by atomic mass is 10.2. The third-order valence-electron chi connectivity index (χ3n) is 3.61. The van der Waals surface area contributed by atoms with Gasteiger partial charge in [-0.2, -0.15) is 0 Å². The van der Waals surface area contributed by atoms with E-state index in [0.29, 0.717) is 24.0 Å². The average Bonchev–Trinajstić information content (AvgIpc) is 2.92. The molecule has 0 bridgehead atoms. The van der Waals surface area contributed by atoms with Crippen LogP contribution in [0, 0.1) is 0 Å². The summed E-state index contributed by atoms with van der Waals surface area (Å²) in [5, 5.41) is 2.98. The van der Waals surface area contributed by atoms with Gasteiger partial charge in [-0.3, -0.25) is 9.69 Å². The Morgan fingerprint density at radius 2 is 2.47 bits per heavy atom. The summed E-state index contributed by atoms with van der Waals surface area (Å²) in [5.74, 6) is 0.256. The summed E-state index contributed by atoms with van der Waals surface area (Å²) in [6.45, 7) is 5.01. The number of likely N-dealkylation sites (tertiary alicyclic amines) is 1. The van der Waals surface area contributed by atoms with Gasteiger partial charge in [-0.1, -0.05) is 6.92 Å². The number of likely N-dealkylation sites (N-methyl/N-ethyl adjacent to an activating group) is 1. The SMILES string of the molecule is CCN1CCC[C@@H]1CNC(=O)c1cccnc1OC. The van der Waals surface area contributed by atoms with E-state index in [-0.39, 0.29) is 5.91 Å². The van der Waals surface area contributed by atoms with Crippen molar-refractivity contribution in [2.75, 3.05) is 26.7 Å². The smallest absolute Gasteiger partial charge is 0.256 e. The molecule has 1 aliphatic heterocycles. The maximum atomic E-state index is 12.1. The molecule has 104 valence electrons. The van der Waals surface area contributed by atoms with E-state index in [9.17, 15) is 4.79 Å². The Hall–Kier alpha value is -1.62. The van der Waals surface area contributed by atoms with E-state index in [0.717, 1.165) is 19.5 Å². The van der Waals surface area contributed by atoms with E-state index in [1.165, 1.54) is 13.5 Å². The first-order valence-electron chi connectivity index (χ1n) is 6.77. The van der Waals surface area contributed by atoms with Crippen molar-refractivity contribution in [1.82, 2.24) is 15.2 Å². The summed E-state index contributed by atoms with van der Waals surface area (Å²) >= 11 is 0. The zero-order valence-corrected chi connectivity index (χ0v) is 11.6. The fourth-order valence-electron chi connectivity index (χ4n) is 2.57. The van der Waals surface area contributed by atoms with Gasteiger partial charge < -0.3 is 10.1 Å². The maximum absolute atomic E-state index is 12.1. The molecule has 2 heterocycles. The van der Waals surface area contributed by atoms with Crippen LogP contribution in [0.15, 0.2) is 18.3 Å². The van der Waals surface area contributed by atoms with Crippen molar-refractivity contribution < 1.29 is 9.53 Å². The second-order valence-electron chi connectivity index (χ2n) is 4.69. The molecule has 1 saturated heterocycles. The molecule has 1 aromatic heterocycles. The van der Waals surface area contributed by atoms with E-state index in [1.54, 1.807) is 18.3 Å². The Bertz CT molecular complexity index is 436. The molecule has 0 spiro atoms. The van der Waals surface area contributed by atoms with Gasteiger partial charge in [0.05, 0.1) is 7.11 Å². The Labute approximate surface area is 114 Å². The summed E-state index contributed by atoms with van der Waals surface area (Å²) in [6, 6.07) is 3.93. The molecule has 1 atom stereocenters. The van der Waals surface area contributed by atoms with E-state index in [2.05, 4.69) is 22.1 Å². The Morgan fingerprint density at radius 1 is 1.63 bits per heavy atom. The number of pyridine rings is 1. The van der Waals surface area contributed by atoms with Crippen LogP contribution in [0.3, 0.4) is 0 Å². The molecule has 0 unspecified atom stereocenters. The van der Waals surface area contributed by atoms with Crippen molar-refractivity contribution >= 4 is 5.91 Å². The fraction of sp³-hybridized carbons (Fsp3) is 0.571. The van der Waals surface area contributed by atoms with Gasteiger partial charge >= 0.3 is 0 Å². The first kappa shape index (κ1) is 13.8. The zero-order valence-electron chi connectivity index (χ0n) is 11.6. The molecule has 0 saturated carbocycles. The number of hydrogen-bond acceptors (Lipinski definition) is 4. The van der Waals surface area contributed by atoms with Crippen LogP contribution in [0.5, 0.6) is 5.88 Å². The van der Waals surface area contributed by atoms with Gasteiger partial charge in [0.1, 0.15) is 5.56 Å². The van der Waals surface area contributed by atoms with Gasteiger partial charge in [0, 0.05) is 18.8 Å². The predicted octanol–water partition coefficient (Wildman–Crippen LogP) is 1.30. The summed E-state index contributed by atoms with van der Waals surface area (Å²) < 4.78 is 5.10. The molecule has 19 heavy (non-hydrogen) atoms. The van der Waals surface area contributed by atoms with Crippen LogP contribution < -0.4 is 10.1 Å². The minimum Gasteiger partial charge on any atom is -0.480 e. The highest BCUT2D eigenvalue weighted by Gasteiger charge is 2.23. The standard InChI is InChI=1S/C14H21N3O2/c1-3-17-9-5-6-11(17)10-16-13(18)12-7-4-8-15-14(12)19-2/h4,7-8,11H,3,5-6,9-10H2,1-2H3,(H,16,18)/t11-/m1/s1. The number of nitrogens with one attached hydrogen (secondary N) is 1. The molecule has 2 rings (SSSR count). The number of amides is 1. The predicted molar refractivity (Wildman–Crippen MR) is 73.4 cm³/mol. The molecule has 1 aliphatic rings. The van der Waals surface area contributed by atoms with Crippen LogP contribution in [0.1, 0.15) is 30.1 Å². The molecule has 1 fully saturated rings. The van der Waals surface area contributed by atoms with Gasteiger partial charge in [0.25, 0.3) is 5.91 Å². The van der Waals surface area contributed by atoms with Crippen molar-refractivity contribution in [3.05, 3.63) is 23.9 Å². The minimum atomic E-state index is -0.118. The quantitative estimate of drug-likeness (QED) is 0.870. The van der Waals surface area contributed by atoms with Crippen LogP contribution in [0.2, 0.25) is 0 Å². The highest BCUT2D eigenvalue weighted by molar-refractivity contribution is 5.96. The van der Waals surface area contributed by atoms with E-state index >= 15 is 0 Å². The molecule has 1 amide bonds. The summed E-state index contributed by atoms with van der Waals surface area (Å²) in [6.07, 6.45) is 3.98. The number of carbonyl (C=O) groups is 1. The summed E-state index contributed by atoms with van der Waals surface area (Å²) in [7, 11) is 1.52. The fourth-order valence-corrected chi connectivity index (χ4v) is 2.57. The van der Waals surface area contributed by atoms with Crippen LogP contribution in [-0.4, -0.2) is 48.6 Å². The first-order valence-corrected chi connectivity index (χ1v) is 6.77. The maximum Gasteiger partial charge on any atom is 0.256 e. The second kappa shape index (κ2) is 6.52. The molecule has 0 radical (unpaired) electrons. The van der Waals surface area contributed by atoms with Crippen LogP contribution in [0.4, 0.5) is 0 Å². The topological polar surface area (TPSA) is 54.5 Å². The van der Waals surface area contributed by atoms with Gasteiger partial charge in [-0.15, -0.1) is 0 Å². The number of methoxy groups -OCH3 is 1. The second-order valence-corrected chi connectivity index (χ2v) is 4.69. The van der Waals surface area contributed by atoms with Crippen LogP contribution in [-0.2, 0) is 0 Å². The highest BCUT2D eigenvalue weighted by Crippen LogP contribution is 2.17. The molecule has 1 aromatic rings. The zero-order chi connectivity index (χ0) is 13.7. The first-order chi connectivity index (χ1) is 9.26. The van der Waals surface area contributed by atoms with Crippen molar-refractivity contribution in [1.29, 1.82) is 0 Å². The average molecular weight is 263 g/mol. The van der Waals surface area contributed by atoms with Crippen molar-refractivity contribution in [3.8, 4) is 5.88 Å². The molecule has 0 aliphatic carbocycles. The molecule has 0 aromatic carbocycles. The lowest BCUT2D eigenvalue weighted by molar-refractivity contribution is 0.0937. The number of rotatable bonds is 5. The Kier molecular flexibility index (Phi) is 4.74. The largest absolute Gasteiger partial charge is 0.480 e. The Balaban J connectivity index is 1.94. The van der Waals surface area contributed by atoms with Gasteiger partial charge in [-0.05, 0) is 38.1 Å². The third-order valence-corrected chi connectivity index (χ3v) is 3.61. The Morgan fingerprint density at radius 3 is 3.21 bits per heavy atom. The normalized spacial score (nSPS) is 19.4. The monoisotopic (exact) mass is 263 g/mol. The minimum absolute atomic E-state index is 0.118. The van der Waals surface area contributed by atoms with Crippen LogP contribution in [0.25, 0.3) is 0 Å². The number of carbonyl (C=O) groups excluding carboxylic acids is 1. The number of ether oxygens (including phenoxy) is 1. The molecular formula is C14H21N3O2. The molecule has 1 N–H and O–H groups in total. The van der Waals surface area contributed by atoms with Crippen LogP contribution >= 0.6 is 0 Å². The number of aromatic nitrogens is 1. The van der Waals surface area contributed by atoms with E-state index < -0.39 is 0 Å². The highest BCUT2D eigenvalue weighted by atomic mass is 16.5. The van der Waals surface area contributed by atoms with Crippen molar-refractivity contribution in [3.63, 3.8) is 0 Å². The van der Waals surface area contributed by atoms with Crippen molar-refractivity contribution in [2.24, 2.45) is 0 Å². The number of nitrogens with zero attached hydrogens (tertiary/aromatic N) is 2. The van der Waals surface area contributed by atoms with Gasteiger partial charge in [0.15, 0.2) is 0 Å². The lowest BCUT2D eigenvalue weighted by Gasteiger charge is -2.22. The summed E-state index contributed by atoms with van der Waals surface area (Å²) in [5.41, 5.74) is 0.492. The molecule has 5 heteroatoms. The van der Waals surface area contributed by atoms with Gasteiger partial charge in [-0.25, -0.2) is 4.98 Å².